The number of carboxylic acids is 1. The molecule has 4 nitrogen and oxygen atoms in total. The highest BCUT2D eigenvalue weighted by Crippen LogP contribution is 2.32. The summed E-state index contributed by atoms with van der Waals surface area (Å²) in [5.74, 6) is -1.71. The number of carbonyl (C=O) groups is 2. The van der Waals surface area contributed by atoms with Crippen LogP contribution < -0.4 is 5.32 Å². The highest BCUT2D eigenvalue weighted by molar-refractivity contribution is 6.42. The van der Waals surface area contributed by atoms with E-state index >= 15 is 0 Å². The number of hydrogen-bond acceptors (Lipinski definition) is 2. The second kappa shape index (κ2) is 10.3. The number of carboxylic acid groups (broad SMARTS) is 1. The molecule has 3 aromatic carbocycles. The lowest BCUT2D eigenvalue weighted by molar-refractivity contribution is -0.141. The van der Waals surface area contributed by atoms with Crippen LogP contribution in [0.15, 0.2) is 78.9 Å². The molecule has 0 bridgehead atoms. The average Bonchev–Trinajstić information content (AvgIpc) is 2.75. The van der Waals surface area contributed by atoms with Gasteiger partial charge in [-0.1, -0.05) is 89.9 Å². The van der Waals surface area contributed by atoms with Crippen LogP contribution in [0.2, 0.25) is 10.0 Å². The van der Waals surface area contributed by atoms with Crippen LogP contribution in [0.5, 0.6) is 0 Å². The first-order valence-electron chi connectivity index (χ1n) is 9.50. The average molecular weight is 442 g/mol. The van der Waals surface area contributed by atoms with Gasteiger partial charge in [0.15, 0.2) is 0 Å². The topological polar surface area (TPSA) is 66.4 Å². The molecule has 0 saturated heterocycles. The Morgan fingerprint density at radius 2 is 1.47 bits per heavy atom. The second-order valence-electron chi connectivity index (χ2n) is 6.99. The molecule has 3 aromatic rings. The van der Waals surface area contributed by atoms with Crippen molar-refractivity contribution < 1.29 is 14.7 Å². The van der Waals surface area contributed by atoms with Crippen molar-refractivity contribution >= 4 is 35.1 Å². The van der Waals surface area contributed by atoms with Gasteiger partial charge in [-0.2, -0.15) is 0 Å². The molecule has 0 aromatic heterocycles. The Labute approximate surface area is 185 Å². The van der Waals surface area contributed by atoms with Crippen LogP contribution in [-0.2, 0) is 16.0 Å². The Morgan fingerprint density at radius 1 is 0.833 bits per heavy atom. The van der Waals surface area contributed by atoms with Gasteiger partial charge in [0.05, 0.1) is 10.0 Å². The normalized spacial score (nSPS) is 12.7. The Morgan fingerprint density at radius 3 is 2.07 bits per heavy atom. The summed E-state index contributed by atoms with van der Waals surface area (Å²) in [4.78, 5) is 24.5. The zero-order chi connectivity index (χ0) is 21.5. The standard InChI is InChI=1S/C24H21Cl2NO3/c25-20-12-11-18(14-21(20)26)19(17-9-5-2-6-10-17)15-23(28)27-22(24(29)30)13-16-7-3-1-4-8-16/h1-12,14,19,22H,13,15H2,(H,27,28)(H,29,30)/t19?,22-/m0/s1. The molecule has 154 valence electrons. The molecule has 0 spiro atoms. The maximum Gasteiger partial charge on any atom is 0.326 e. The van der Waals surface area contributed by atoms with Gasteiger partial charge in [0.25, 0.3) is 0 Å². The van der Waals surface area contributed by atoms with Crippen LogP contribution >= 0.6 is 23.2 Å². The SMILES string of the molecule is O=C(CC(c1ccccc1)c1ccc(Cl)c(Cl)c1)N[C@@H](Cc1ccccc1)C(=O)O. The molecule has 0 saturated carbocycles. The number of nitrogens with one attached hydrogen (secondary N) is 1. The minimum atomic E-state index is -1.07. The van der Waals surface area contributed by atoms with E-state index in [4.69, 9.17) is 23.2 Å². The highest BCUT2D eigenvalue weighted by atomic mass is 35.5. The van der Waals surface area contributed by atoms with E-state index in [1.807, 2.05) is 66.7 Å². The Kier molecular flexibility index (Phi) is 7.50. The Hall–Kier alpha value is -2.82. The van der Waals surface area contributed by atoms with Crippen molar-refractivity contribution in [2.75, 3.05) is 0 Å². The van der Waals surface area contributed by atoms with Crippen LogP contribution in [0.3, 0.4) is 0 Å². The van der Waals surface area contributed by atoms with Crippen molar-refractivity contribution in [2.24, 2.45) is 0 Å². The number of carbonyl (C=O) groups excluding carboxylic acids is 1. The predicted molar refractivity (Wildman–Crippen MR) is 119 cm³/mol. The summed E-state index contributed by atoms with van der Waals surface area (Å²) in [5, 5.41) is 13.1. The second-order valence-corrected chi connectivity index (χ2v) is 7.80. The largest absolute Gasteiger partial charge is 0.480 e. The van der Waals surface area contributed by atoms with Gasteiger partial charge in [-0.15, -0.1) is 0 Å². The molecular formula is C24H21Cl2NO3. The van der Waals surface area contributed by atoms with E-state index in [1.165, 1.54) is 0 Å². The zero-order valence-electron chi connectivity index (χ0n) is 16.1. The molecule has 6 heteroatoms. The smallest absolute Gasteiger partial charge is 0.326 e. The van der Waals surface area contributed by atoms with E-state index < -0.39 is 12.0 Å². The summed E-state index contributed by atoms with van der Waals surface area (Å²) in [7, 11) is 0. The fourth-order valence-electron chi connectivity index (χ4n) is 3.33. The van der Waals surface area contributed by atoms with Crippen molar-refractivity contribution in [1.82, 2.24) is 5.32 Å². The predicted octanol–water partition coefficient (Wildman–Crippen LogP) is 5.33. The fraction of sp³-hybridized carbons (Fsp3) is 0.167. The van der Waals surface area contributed by atoms with E-state index in [0.29, 0.717) is 10.0 Å². The quantitative estimate of drug-likeness (QED) is 0.496. The summed E-state index contributed by atoms with van der Waals surface area (Å²) < 4.78 is 0. The van der Waals surface area contributed by atoms with Crippen molar-refractivity contribution in [2.45, 2.75) is 24.8 Å². The molecule has 2 atom stereocenters. The maximum atomic E-state index is 12.8. The number of hydrogen-bond donors (Lipinski definition) is 2. The Bertz CT molecular complexity index is 1010. The van der Waals surface area contributed by atoms with Crippen LogP contribution in [0, 0.1) is 0 Å². The van der Waals surface area contributed by atoms with Gasteiger partial charge in [-0.05, 0) is 28.8 Å². The van der Waals surface area contributed by atoms with Gasteiger partial charge in [0, 0.05) is 18.8 Å². The highest BCUT2D eigenvalue weighted by Gasteiger charge is 2.24. The van der Waals surface area contributed by atoms with Gasteiger partial charge < -0.3 is 10.4 Å². The minimum absolute atomic E-state index is 0.0839. The third-order valence-corrected chi connectivity index (χ3v) is 5.59. The molecule has 2 N–H and O–H groups in total. The van der Waals surface area contributed by atoms with Gasteiger partial charge in [-0.3, -0.25) is 4.79 Å². The van der Waals surface area contributed by atoms with E-state index in [1.54, 1.807) is 12.1 Å². The molecule has 0 aliphatic carbocycles. The third kappa shape index (κ3) is 5.85. The molecule has 0 aliphatic heterocycles. The maximum absolute atomic E-state index is 12.8. The first-order valence-corrected chi connectivity index (χ1v) is 10.3. The molecule has 1 unspecified atom stereocenters. The van der Waals surface area contributed by atoms with Gasteiger partial charge in [0.1, 0.15) is 6.04 Å². The van der Waals surface area contributed by atoms with Crippen LogP contribution in [0.25, 0.3) is 0 Å². The Balaban J connectivity index is 1.80. The molecule has 1 amide bonds. The van der Waals surface area contributed by atoms with Gasteiger partial charge in [0.2, 0.25) is 5.91 Å². The van der Waals surface area contributed by atoms with E-state index in [2.05, 4.69) is 5.32 Å². The molecule has 0 heterocycles. The monoisotopic (exact) mass is 441 g/mol. The molecule has 3 rings (SSSR count). The number of rotatable bonds is 8. The lowest BCUT2D eigenvalue weighted by Crippen LogP contribution is -2.42. The fourth-order valence-corrected chi connectivity index (χ4v) is 3.64. The van der Waals surface area contributed by atoms with E-state index in [9.17, 15) is 14.7 Å². The van der Waals surface area contributed by atoms with Crippen LogP contribution in [0.4, 0.5) is 0 Å². The lowest BCUT2D eigenvalue weighted by atomic mass is 9.88. The number of amides is 1. The summed E-state index contributed by atoms with van der Waals surface area (Å²) in [6, 6.07) is 23.0. The van der Waals surface area contributed by atoms with Crippen molar-refractivity contribution in [3.63, 3.8) is 0 Å². The molecule has 0 radical (unpaired) electrons. The molecular weight excluding hydrogens is 421 g/mol. The van der Waals surface area contributed by atoms with Crippen molar-refractivity contribution in [1.29, 1.82) is 0 Å². The van der Waals surface area contributed by atoms with Gasteiger partial charge in [-0.25, -0.2) is 4.79 Å². The summed E-state index contributed by atoms with van der Waals surface area (Å²) in [6.45, 7) is 0. The number of halogens is 2. The first kappa shape index (κ1) is 21.9. The van der Waals surface area contributed by atoms with Gasteiger partial charge >= 0.3 is 5.97 Å². The molecule has 0 fully saturated rings. The van der Waals surface area contributed by atoms with Crippen molar-refractivity contribution in [3.8, 4) is 0 Å². The minimum Gasteiger partial charge on any atom is -0.480 e. The summed E-state index contributed by atoms with van der Waals surface area (Å²) >= 11 is 12.2. The number of benzene rings is 3. The number of aliphatic carboxylic acids is 1. The van der Waals surface area contributed by atoms with Crippen LogP contribution in [0.1, 0.15) is 29.0 Å². The zero-order valence-corrected chi connectivity index (χ0v) is 17.6. The van der Waals surface area contributed by atoms with Crippen molar-refractivity contribution in [3.05, 3.63) is 106 Å². The third-order valence-electron chi connectivity index (χ3n) is 4.85. The van der Waals surface area contributed by atoms with E-state index in [-0.39, 0.29) is 24.7 Å². The van der Waals surface area contributed by atoms with Crippen LogP contribution in [-0.4, -0.2) is 23.0 Å². The van der Waals surface area contributed by atoms with E-state index in [0.717, 1.165) is 16.7 Å². The summed E-state index contributed by atoms with van der Waals surface area (Å²) in [6.07, 6.45) is 0.297. The first-order chi connectivity index (χ1) is 14.4. The molecule has 30 heavy (non-hydrogen) atoms. The lowest BCUT2D eigenvalue weighted by Gasteiger charge is -2.20. The molecule has 0 aliphatic rings. The summed E-state index contributed by atoms with van der Waals surface area (Å²) in [5.41, 5.74) is 2.61.